The van der Waals surface area contributed by atoms with Crippen molar-refractivity contribution in [1.82, 2.24) is 0 Å². The summed E-state index contributed by atoms with van der Waals surface area (Å²) in [5.41, 5.74) is 2.26. The predicted molar refractivity (Wildman–Crippen MR) is 76.0 cm³/mol. The minimum atomic E-state index is -1.34. The van der Waals surface area contributed by atoms with E-state index >= 15 is 0 Å². The van der Waals surface area contributed by atoms with Gasteiger partial charge in [-0.25, -0.2) is 0 Å². The van der Waals surface area contributed by atoms with E-state index in [1.54, 1.807) is 7.11 Å². The van der Waals surface area contributed by atoms with Crippen LogP contribution >= 0.6 is 0 Å². The maximum atomic E-state index is 12.8. The summed E-state index contributed by atoms with van der Waals surface area (Å²) in [5.74, 6) is -0.774. The highest BCUT2D eigenvalue weighted by atomic mass is 16.7. The van der Waals surface area contributed by atoms with E-state index in [1.165, 1.54) is 7.11 Å². The first-order valence-corrected chi connectivity index (χ1v) is 6.84. The lowest BCUT2D eigenvalue weighted by molar-refractivity contribution is -0.281. The molecule has 2 aliphatic rings. The van der Waals surface area contributed by atoms with Crippen LogP contribution in [0.2, 0.25) is 0 Å². The topological polar surface area (TPSA) is 54.0 Å². The number of fused-ring (bicyclic) bond motifs is 1. The molecule has 2 unspecified atom stereocenters. The number of hydrogen-bond acceptors (Lipinski definition) is 5. The Hall–Kier alpha value is -1.69. The second-order valence-electron chi connectivity index (χ2n) is 5.09. The van der Waals surface area contributed by atoms with Gasteiger partial charge in [0.2, 0.25) is 5.78 Å². The van der Waals surface area contributed by atoms with Gasteiger partial charge >= 0.3 is 0 Å². The molecule has 0 N–H and O–H groups in total. The third-order valence-corrected chi connectivity index (χ3v) is 4.04. The third-order valence-electron chi connectivity index (χ3n) is 4.04. The van der Waals surface area contributed by atoms with Crippen molar-refractivity contribution in [1.29, 1.82) is 0 Å². The number of Topliss-reactive ketones (excluding diaryl/α,β-unsaturated/α-hetero) is 1. The first-order valence-electron chi connectivity index (χ1n) is 6.84. The number of rotatable bonds is 3. The smallest absolute Gasteiger partial charge is 0.264 e. The molecule has 0 radical (unpaired) electrons. The van der Waals surface area contributed by atoms with Crippen LogP contribution < -0.4 is 4.74 Å². The molecular formula is C16H18O5. The zero-order chi connectivity index (χ0) is 15.0. The molecule has 1 heterocycles. The van der Waals surface area contributed by atoms with Crippen LogP contribution in [0, 0.1) is 0 Å². The Morgan fingerprint density at radius 3 is 2.48 bits per heavy atom. The standard InChI is InChI=1S/C16H18O5/c1-10-13(11-4-6-12(18-2)7-5-11)14(17)16(19-3)15(10)20-8-9-21-16/h4-7,15H,8-9H2,1-3H3. The van der Waals surface area contributed by atoms with E-state index in [4.69, 9.17) is 18.9 Å². The van der Waals surface area contributed by atoms with Crippen molar-refractivity contribution in [3.8, 4) is 5.75 Å². The molecular weight excluding hydrogens is 272 g/mol. The molecule has 1 aromatic carbocycles. The van der Waals surface area contributed by atoms with Crippen molar-refractivity contribution in [2.75, 3.05) is 27.4 Å². The molecule has 1 aliphatic carbocycles. The van der Waals surface area contributed by atoms with Gasteiger partial charge in [-0.1, -0.05) is 12.1 Å². The fourth-order valence-corrected chi connectivity index (χ4v) is 3.00. The molecule has 1 aromatic rings. The number of hydrogen-bond donors (Lipinski definition) is 0. The normalized spacial score (nSPS) is 28.7. The van der Waals surface area contributed by atoms with Crippen LogP contribution in [-0.2, 0) is 19.0 Å². The van der Waals surface area contributed by atoms with Crippen molar-refractivity contribution >= 4 is 11.4 Å². The number of methoxy groups -OCH3 is 2. The third kappa shape index (κ3) is 2.00. The number of benzene rings is 1. The van der Waals surface area contributed by atoms with Gasteiger partial charge < -0.3 is 18.9 Å². The number of ketones is 1. The fourth-order valence-electron chi connectivity index (χ4n) is 3.00. The van der Waals surface area contributed by atoms with E-state index in [1.807, 2.05) is 31.2 Å². The van der Waals surface area contributed by atoms with E-state index < -0.39 is 11.9 Å². The SMILES string of the molecule is COc1ccc(C2=C(C)C3OCCOC3(OC)C2=O)cc1. The molecule has 21 heavy (non-hydrogen) atoms. The van der Waals surface area contributed by atoms with Crippen LogP contribution in [0.3, 0.4) is 0 Å². The van der Waals surface area contributed by atoms with Gasteiger partial charge in [0.15, 0.2) is 0 Å². The summed E-state index contributed by atoms with van der Waals surface area (Å²) in [5, 5.41) is 0. The number of carbonyl (C=O) groups excluding carboxylic acids is 1. The molecule has 0 saturated carbocycles. The highest BCUT2D eigenvalue weighted by molar-refractivity contribution is 6.28. The summed E-state index contributed by atoms with van der Waals surface area (Å²) >= 11 is 0. The van der Waals surface area contributed by atoms with E-state index in [0.717, 1.165) is 16.9 Å². The van der Waals surface area contributed by atoms with E-state index in [-0.39, 0.29) is 5.78 Å². The Labute approximate surface area is 123 Å². The predicted octanol–water partition coefficient (Wildman–Crippen LogP) is 1.81. The Kier molecular flexibility index (Phi) is 3.57. The molecule has 3 rings (SSSR count). The van der Waals surface area contributed by atoms with Crippen LogP contribution in [0.25, 0.3) is 5.57 Å². The van der Waals surface area contributed by atoms with Gasteiger partial charge in [-0.05, 0) is 30.2 Å². The molecule has 5 heteroatoms. The molecule has 0 bridgehead atoms. The van der Waals surface area contributed by atoms with Gasteiger partial charge in [0.05, 0.1) is 20.3 Å². The Bertz CT molecular complexity index is 589. The van der Waals surface area contributed by atoms with E-state index in [0.29, 0.717) is 18.8 Å². The fraction of sp³-hybridized carbons (Fsp3) is 0.438. The minimum absolute atomic E-state index is 0.183. The summed E-state index contributed by atoms with van der Waals surface area (Å²) < 4.78 is 21.9. The zero-order valence-electron chi connectivity index (χ0n) is 12.3. The first-order chi connectivity index (χ1) is 10.1. The van der Waals surface area contributed by atoms with E-state index in [9.17, 15) is 4.79 Å². The largest absolute Gasteiger partial charge is 0.497 e. The molecule has 0 aromatic heterocycles. The summed E-state index contributed by atoms with van der Waals surface area (Å²) in [6.45, 7) is 2.69. The second-order valence-corrected chi connectivity index (χ2v) is 5.09. The maximum Gasteiger partial charge on any atom is 0.264 e. The molecule has 0 amide bonds. The zero-order valence-corrected chi connectivity index (χ0v) is 12.3. The van der Waals surface area contributed by atoms with Gasteiger partial charge in [0.25, 0.3) is 5.79 Å². The molecule has 5 nitrogen and oxygen atoms in total. The second kappa shape index (κ2) is 5.26. The Balaban J connectivity index is 2.04. The van der Waals surface area contributed by atoms with Gasteiger partial charge in [0, 0.05) is 12.7 Å². The van der Waals surface area contributed by atoms with Crippen molar-refractivity contribution in [2.45, 2.75) is 18.8 Å². The van der Waals surface area contributed by atoms with Crippen LogP contribution in [-0.4, -0.2) is 45.1 Å². The molecule has 1 aliphatic heterocycles. The number of carbonyl (C=O) groups is 1. The molecule has 2 atom stereocenters. The first kappa shape index (κ1) is 14.3. The average Bonchev–Trinajstić information content (AvgIpc) is 2.76. The monoisotopic (exact) mass is 290 g/mol. The quantitative estimate of drug-likeness (QED) is 0.850. The van der Waals surface area contributed by atoms with E-state index in [2.05, 4.69) is 0 Å². The van der Waals surface area contributed by atoms with Crippen LogP contribution in [0.15, 0.2) is 29.8 Å². The summed E-state index contributed by atoms with van der Waals surface area (Å²) in [6, 6.07) is 7.37. The lowest BCUT2D eigenvalue weighted by Crippen LogP contribution is -2.54. The van der Waals surface area contributed by atoms with Gasteiger partial charge in [-0.15, -0.1) is 0 Å². The summed E-state index contributed by atoms with van der Waals surface area (Å²) in [7, 11) is 3.08. The molecule has 112 valence electrons. The van der Waals surface area contributed by atoms with Crippen molar-refractivity contribution in [3.63, 3.8) is 0 Å². The summed E-state index contributed by atoms with van der Waals surface area (Å²) in [6.07, 6.45) is -0.485. The van der Waals surface area contributed by atoms with Crippen LogP contribution in [0.4, 0.5) is 0 Å². The maximum absolute atomic E-state index is 12.8. The van der Waals surface area contributed by atoms with Crippen LogP contribution in [0.5, 0.6) is 5.75 Å². The van der Waals surface area contributed by atoms with Crippen molar-refractivity contribution in [3.05, 3.63) is 35.4 Å². The van der Waals surface area contributed by atoms with Crippen LogP contribution in [0.1, 0.15) is 12.5 Å². The Morgan fingerprint density at radius 2 is 1.90 bits per heavy atom. The molecule has 1 fully saturated rings. The Morgan fingerprint density at radius 1 is 1.19 bits per heavy atom. The van der Waals surface area contributed by atoms with Crippen molar-refractivity contribution < 1.29 is 23.7 Å². The highest BCUT2D eigenvalue weighted by Crippen LogP contribution is 2.43. The lowest BCUT2D eigenvalue weighted by Gasteiger charge is -2.36. The van der Waals surface area contributed by atoms with Gasteiger partial charge in [0.1, 0.15) is 11.9 Å². The molecule has 1 saturated heterocycles. The van der Waals surface area contributed by atoms with Gasteiger partial charge in [-0.2, -0.15) is 0 Å². The lowest BCUT2D eigenvalue weighted by atomic mass is 10.0. The van der Waals surface area contributed by atoms with Crippen molar-refractivity contribution in [2.24, 2.45) is 0 Å². The number of ether oxygens (including phenoxy) is 4. The molecule has 0 spiro atoms. The summed E-state index contributed by atoms with van der Waals surface area (Å²) in [4.78, 5) is 12.8. The highest BCUT2D eigenvalue weighted by Gasteiger charge is 2.58. The minimum Gasteiger partial charge on any atom is -0.497 e. The van der Waals surface area contributed by atoms with Gasteiger partial charge in [-0.3, -0.25) is 4.79 Å². The average molecular weight is 290 g/mol.